The molecule has 0 bridgehead atoms. The Morgan fingerprint density at radius 1 is 0.897 bits per heavy atom. The molecule has 2 N–H and O–H groups in total. The Bertz CT molecular complexity index is 895. The van der Waals surface area contributed by atoms with Crippen LogP contribution in [0.3, 0.4) is 0 Å². The van der Waals surface area contributed by atoms with Crippen molar-refractivity contribution in [1.82, 2.24) is 10.2 Å². The van der Waals surface area contributed by atoms with E-state index in [0.717, 1.165) is 18.8 Å². The number of para-hydroxylation sites is 1. The van der Waals surface area contributed by atoms with Gasteiger partial charge in [0.05, 0.1) is 0 Å². The van der Waals surface area contributed by atoms with Gasteiger partial charge in [0.15, 0.2) is 18.2 Å². The molecule has 3 rings (SSSR count). The van der Waals surface area contributed by atoms with Crippen LogP contribution in [0.5, 0.6) is 5.75 Å². The summed E-state index contributed by atoms with van der Waals surface area (Å²) in [6.07, 6.45) is 0. The zero-order valence-electron chi connectivity index (χ0n) is 16.6. The molecule has 0 atom stereocenters. The number of hydrogen-bond acceptors (Lipinski definition) is 6. The molecule has 0 spiro atoms. The Balaban J connectivity index is 1.51. The number of anilines is 4. The van der Waals surface area contributed by atoms with Crippen LogP contribution in [0.4, 0.5) is 23.0 Å². The highest BCUT2D eigenvalue weighted by Gasteiger charge is 2.06. The SMILES string of the molecule is CCN(CC)c1ccc(Nc2ccc(NC(=O)COc3ccccc3)nn2)cc1. The number of nitrogens with zero attached hydrogens (tertiary/aromatic N) is 3. The number of carbonyl (C=O) groups is 1. The Hall–Kier alpha value is -3.61. The molecule has 0 unspecified atom stereocenters. The molecular weight excluding hydrogens is 366 g/mol. The summed E-state index contributed by atoms with van der Waals surface area (Å²) in [4.78, 5) is 14.3. The van der Waals surface area contributed by atoms with Crippen molar-refractivity contribution in [1.29, 1.82) is 0 Å². The topological polar surface area (TPSA) is 79.4 Å². The van der Waals surface area contributed by atoms with Crippen LogP contribution >= 0.6 is 0 Å². The quantitative estimate of drug-likeness (QED) is 0.572. The predicted octanol–water partition coefficient (Wildman–Crippen LogP) is 4.08. The predicted molar refractivity (Wildman–Crippen MR) is 116 cm³/mol. The summed E-state index contributed by atoms with van der Waals surface area (Å²) in [5.74, 6) is 1.31. The zero-order valence-corrected chi connectivity index (χ0v) is 16.6. The second-order valence-electron chi connectivity index (χ2n) is 6.30. The number of rotatable bonds is 9. The first-order valence-electron chi connectivity index (χ1n) is 9.61. The lowest BCUT2D eigenvalue weighted by atomic mass is 10.2. The molecule has 7 heteroatoms. The third-order valence-corrected chi connectivity index (χ3v) is 4.31. The van der Waals surface area contributed by atoms with E-state index in [1.165, 1.54) is 5.69 Å². The number of amides is 1. The fraction of sp³-hybridized carbons (Fsp3) is 0.227. The van der Waals surface area contributed by atoms with Crippen molar-refractivity contribution in [2.24, 2.45) is 0 Å². The summed E-state index contributed by atoms with van der Waals surface area (Å²) in [6, 6.07) is 20.8. The van der Waals surface area contributed by atoms with Crippen molar-refractivity contribution in [2.75, 3.05) is 35.2 Å². The maximum Gasteiger partial charge on any atom is 0.263 e. The first kappa shape index (κ1) is 20.1. The van der Waals surface area contributed by atoms with Crippen LogP contribution in [0, 0.1) is 0 Å². The van der Waals surface area contributed by atoms with Gasteiger partial charge in [0, 0.05) is 24.5 Å². The van der Waals surface area contributed by atoms with Crippen LogP contribution in [-0.4, -0.2) is 35.8 Å². The van der Waals surface area contributed by atoms with Crippen LogP contribution in [0.2, 0.25) is 0 Å². The van der Waals surface area contributed by atoms with Crippen LogP contribution in [-0.2, 0) is 4.79 Å². The summed E-state index contributed by atoms with van der Waals surface area (Å²) >= 11 is 0. The second kappa shape index (κ2) is 10.1. The average Bonchev–Trinajstić information content (AvgIpc) is 2.76. The number of aromatic nitrogens is 2. The third kappa shape index (κ3) is 5.93. The standard InChI is InChI=1S/C22H25N5O2/c1-3-27(4-2)18-12-10-17(11-13-18)23-20-14-15-21(26-25-20)24-22(28)16-29-19-8-6-5-7-9-19/h5-15H,3-4,16H2,1-2H3,(H,23,25)(H,24,26,28). The van der Waals surface area contributed by atoms with Crippen LogP contribution < -0.4 is 20.3 Å². The monoisotopic (exact) mass is 391 g/mol. The zero-order chi connectivity index (χ0) is 20.5. The number of carbonyl (C=O) groups excluding carboxylic acids is 1. The molecule has 0 radical (unpaired) electrons. The van der Waals surface area contributed by atoms with Crippen molar-refractivity contribution >= 4 is 28.9 Å². The number of hydrogen-bond donors (Lipinski definition) is 2. The van der Waals surface area contributed by atoms with E-state index >= 15 is 0 Å². The molecule has 150 valence electrons. The Labute approximate surface area is 170 Å². The molecule has 7 nitrogen and oxygen atoms in total. The molecule has 0 fully saturated rings. The molecule has 0 saturated carbocycles. The van der Waals surface area contributed by atoms with E-state index in [1.807, 2.05) is 30.3 Å². The van der Waals surface area contributed by atoms with Gasteiger partial charge in [-0.05, 0) is 62.4 Å². The summed E-state index contributed by atoms with van der Waals surface area (Å²) in [5.41, 5.74) is 2.10. The fourth-order valence-electron chi connectivity index (χ4n) is 2.80. The molecule has 1 aromatic heterocycles. The Morgan fingerprint density at radius 3 is 2.17 bits per heavy atom. The second-order valence-corrected chi connectivity index (χ2v) is 6.30. The summed E-state index contributed by atoms with van der Waals surface area (Å²) in [6.45, 7) is 6.12. The Kier molecular flexibility index (Phi) is 7.00. The van der Waals surface area contributed by atoms with E-state index in [0.29, 0.717) is 17.4 Å². The van der Waals surface area contributed by atoms with Crippen LogP contribution in [0.15, 0.2) is 66.7 Å². The smallest absolute Gasteiger partial charge is 0.263 e. The van der Waals surface area contributed by atoms with E-state index in [2.05, 4.69) is 51.7 Å². The molecule has 0 aliphatic carbocycles. The Morgan fingerprint density at radius 2 is 1.55 bits per heavy atom. The first-order chi connectivity index (χ1) is 14.2. The first-order valence-corrected chi connectivity index (χ1v) is 9.61. The van der Waals surface area contributed by atoms with Crippen molar-refractivity contribution in [2.45, 2.75) is 13.8 Å². The van der Waals surface area contributed by atoms with Crippen LogP contribution in [0.1, 0.15) is 13.8 Å². The van der Waals surface area contributed by atoms with Gasteiger partial charge < -0.3 is 20.3 Å². The number of ether oxygens (including phenoxy) is 1. The normalized spacial score (nSPS) is 10.3. The molecule has 3 aromatic rings. The highest BCUT2D eigenvalue weighted by molar-refractivity contribution is 5.90. The average molecular weight is 391 g/mol. The van der Waals surface area contributed by atoms with Gasteiger partial charge in [-0.15, -0.1) is 10.2 Å². The van der Waals surface area contributed by atoms with Gasteiger partial charge >= 0.3 is 0 Å². The van der Waals surface area contributed by atoms with Crippen molar-refractivity contribution in [3.05, 3.63) is 66.7 Å². The van der Waals surface area contributed by atoms with E-state index in [4.69, 9.17) is 4.74 Å². The third-order valence-electron chi connectivity index (χ3n) is 4.31. The number of nitrogens with one attached hydrogen (secondary N) is 2. The summed E-state index contributed by atoms with van der Waals surface area (Å²) in [7, 11) is 0. The lowest BCUT2D eigenvalue weighted by Crippen LogP contribution is -2.21. The maximum atomic E-state index is 12.0. The summed E-state index contributed by atoms with van der Waals surface area (Å²) < 4.78 is 5.41. The largest absolute Gasteiger partial charge is 0.484 e. The van der Waals surface area contributed by atoms with E-state index < -0.39 is 0 Å². The van der Waals surface area contributed by atoms with Gasteiger partial charge in [0.2, 0.25) is 0 Å². The van der Waals surface area contributed by atoms with Crippen LogP contribution in [0.25, 0.3) is 0 Å². The van der Waals surface area contributed by atoms with Crippen molar-refractivity contribution in [3.8, 4) is 5.75 Å². The van der Waals surface area contributed by atoms with Gasteiger partial charge in [-0.3, -0.25) is 4.79 Å². The minimum atomic E-state index is -0.296. The molecule has 0 saturated heterocycles. The van der Waals surface area contributed by atoms with Gasteiger partial charge in [-0.25, -0.2) is 0 Å². The molecule has 1 amide bonds. The van der Waals surface area contributed by atoms with Gasteiger partial charge in [0.25, 0.3) is 5.91 Å². The molecule has 29 heavy (non-hydrogen) atoms. The fourth-order valence-corrected chi connectivity index (χ4v) is 2.80. The lowest BCUT2D eigenvalue weighted by molar-refractivity contribution is -0.118. The molecule has 2 aromatic carbocycles. The minimum absolute atomic E-state index is 0.0927. The molecule has 1 heterocycles. The lowest BCUT2D eigenvalue weighted by Gasteiger charge is -2.21. The van der Waals surface area contributed by atoms with Gasteiger partial charge in [0.1, 0.15) is 5.75 Å². The summed E-state index contributed by atoms with van der Waals surface area (Å²) in [5, 5.41) is 14.0. The maximum absolute atomic E-state index is 12.0. The van der Waals surface area contributed by atoms with E-state index in [9.17, 15) is 4.79 Å². The minimum Gasteiger partial charge on any atom is -0.484 e. The highest BCUT2D eigenvalue weighted by atomic mass is 16.5. The van der Waals surface area contributed by atoms with E-state index in [1.54, 1.807) is 24.3 Å². The van der Waals surface area contributed by atoms with Gasteiger partial charge in [-0.1, -0.05) is 18.2 Å². The van der Waals surface area contributed by atoms with E-state index in [-0.39, 0.29) is 12.5 Å². The van der Waals surface area contributed by atoms with Gasteiger partial charge in [-0.2, -0.15) is 0 Å². The highest BCUT2D eigenvalue weighted by Crippen LogP contribution is 2.20. The molecular formula is C22H25N5O2. The number of benzene rings is 2. The van der Waals surface area contributed by atoms with Crippen molar-refractivity contribution in [3.63, 3.8) is 0 Å². The molecule has 0 aliphatic heterocycles. The molecule has 0 aliphatic rings. The van der Waals surface area contributed by atoms with Crippen molar-refractivity contribution < 1.29 is 9.53 Å².